The summed E-state index contributed by atoms with van der Waals surface area (Å²) in [5.41, 5.74) is 1.95. The number of sulfonamides is 1. The lowest BCUT2D eigenvalue weighted by Gasteiger charge is -2.12. The Labute approximate surface area is 129 Å². The molecule has 0 saturated heterocycles. The molecule has 0 spiro atoms. The minimum atomic E-state index is -3.40. The maximum atomic E-state index is 11.8. The van der Waals surface area contributed by atoms with Gasteiger partial charge in [-0.25, -0.2) is 18.1 Å². The Morgan fingerprint density at radius 2 is 2.05 bits per heavy atom. The van der Waals surface area contributed by atoms with Crippen molar-refractivity contribution in [1.29, 1.82) is 0 Å². The van der Waals surface area contributed by atoms with Gasteiger partial charge in [0.05, 0.1) is 23.3 Å². The van der Waals surface area contributed by atoms with Gasteiger partial charge in [0.1, 0.15) is 5.82 Å². The molecule has 1 heterocycles. The fraction of sp³-hybridized carbons (Fsp3) is 0.429. The number of carbonyl (C=O) groups is 1. The van der Waals surface area contributed by atoms with Crippen molar-refractivity contribution in [2.45, 2.75) is 19.4 Å². The van der Waals surface area contributed by atoms with Crippen LogP contribution >= 0.6 is 0 Å². The summed E-state index contributed by atoms with van der Waals surface area (Å²) in [6, 6.07) is 7.02. The number of rotatable bonds is 6. The number of fused-ring (bicyclic) bond motifs is 1. The van der Waals surface area contributed by atoms with Gasteiger partial charge in [-0.3, -0.25) is 4.79 Å². The van der Waals surface area contributed by atoms with Crippen molar-refractivity contribution in [3.8, 4) is 0 Å². The Balaban J connectivity index is 1.93. The van der Waals surface area contributed by atoms with Crippen LogP contribution in [0.5, 0.6) is 0 Å². The first-order valence-electron chi connectivity index (χ1n) is 6.93. The van der Waals surface area contributed by atoms with Crippen LogP contribution in [0.2, 0.25) is 0 Å². The maximum absolute atomic E-state index is 11.8. The molecule has 2 aromatic rings. The fourth-order valence-corrected chi connectivity index (χ4v) is 2.99. The zero-order valence-electron chi connectivity index (χ0n) is 12.8. The molecule has 8 heteroatoms. The largest absolute Gasteiger partial charge is 0.354 e. The molecule has 1 unspecified atom stereocenters. The zero-order chi connectivity index (χ0) is 16.3. The average molecular weight is 324 g/mol. The van der Waals surface area contributed by atoms with Crippen LogP contribution in [0.4, 0.5) is 0 Å². The first-order valence-corrected chi connectivity index (χ1v) is 8.82. The van der Waals surface area contributed by atoms with Gasteiger partial charge in [-0.15, -0.1) is 0 Å². The molecule has 0 bridgehead atoms. The molecule has 1 atom stereocenters. The van der Waals surface area contributed by atoms with Crippen molar-refractivity contribution in [1.82, 2.24) is 19.6 Å². The second-order valence-corrected chi connectivity index (χ2v) is 7.01. The summed E-state index contributed by atoms with van der Waals surface area (Å²) in [6.07, 6.45) is 1.60. The van der Waals surface area contributed by atoms with Crippen LogP contribution in [0.3, 0.4) is 0 Å². The van der Waals surface area contributed by atoms with Gasteiger partial charge in [0.15, 0.2) is 0 Å². The average Bonchev–Trinajstić information content (AvgIpc) is 2.74. The molecule has 7 nitrogen and oxygen atoms in total. The van der Waals surface area contributed by atoms with Gasteiger partial charge in [-0.05, 0) is 19.1 Å². The van der Waals surface area contributed by atoms with E-state index in [9.17, 15) is 13.2 Å². The van der Waals surface area contributed by atoms with Gasteiger partial charge in [-0.2, -0.15) is 0 Å². The van der Waals surface area contributed by atoms with Crippen molar-refractivity contribution in [2.75, 3.05) is 12.8 Å². The lowest BCUT2D eigenvalue weighted by atomic mass is 10.3. The molecular formula is C14H20N4O3S. The van der Waals surface area contributed by atoms with Crippen LogP contribution in [0.25, 0.3) is 11.0 Å². The van der Waals surface area contributed by atoms with Crippen molar-refractivity contribution >= 4 is 27.0 Å². The van der Waals surface area contributed by atoms with Gasteiger partial charge in [0.25, 0.3) is 0 Å². The smallest absolute Gasteiger partial charge is 0.237 e. The normalized spacial score (nSPS) is 13.2. The van der Waals surface area contributed by atoms with E-state index in [1.165, 1.54) is 6.92 Å². The Kier molecular flexibility index (Phi) is 4.82. The molecule has 0 aliphatic rings. The number of para-hydroxylation sites is 2. The van der Waals surface area contributed by atoms with Crippen LogP contribution in [-0.2, 0) is 28.3 Å². The standard InChI is InChI=1S/C14H20N4O3S/c1-10(17-22(3,20)21)14(19)15-9-8-13-16-11-6-4-5-7-12(11)18(13)2/h4-7,10,17H,8-9H2,1-3H3,(H,15,19). The van der Waals surface area contributed by atoms with Crippen LogP contribution < -0.4 is 10.0 Å². The molecule has 0 aliphatic carbocycles. The Hall–Kier alpha value is -1.93. The Morgan fingerprint density at radius 3 is 2.68 bits per heavy atom. The number of hydrogen-bond donors (Lipinski definition) is 2. The van der Waals surface area contributed by atoms with Gasteiger partial charge in [-0.1, -0.05) is 12.1 Å². The van der Waals surface area contributed by atoms with Gasteiger partial charge >= 0.3 is 0 Å². The predicted octanol–water partition coefficient (Wildman–Crippen LogP) is 0.170. The molecule has 2 rings (SSSR count). The maximum Gasteiger partial charge on any atom is 0.237 e. The summed E-state index contributed by atoms with van der Waals surface area (Å²) >= 11 is 0. The van der Waals surface area contributed by atoms with Gasteiger partial charge in [0, 0.05) is 20.0 Å². The highest BCUT2D eigenvalue weighted by molar-refractivity contribution is 7.88. The number of hydrogen-bond acceptors (Lipinski definition) is 4. The van der Waals surface area contributed by atoms with Crippen molar-refractivity contribution in [3.63, 3.8) is 0 Å². The Morgan fingerprint density at radius 1 is 1.36 bits per heavy atom. The molecule has 22 heavy (non-hydrogen) atoms. The molecule has 0 radical (unpaired) electrons. The van der Waals surface area contributed by atoms with E-state index in [0.29, 0.717) is 13.0 Å². The highest BCUT2D eigenvalue weighted by Gasteiger charge is 2.16. The third kappa shape index (κ3) is 4.05. The summed E-state index contributed by atoms with van der Waals surface area (Å²) < 4.78 is 26.4. The molecular weight excluding hydrogens is 304 g/mol. The first-order chi connectivity index (χ1) is 10.3. The quantitative estimate of drug-likeness (QED) is 0.792. The summed E-state index contributed by atoms with van der Waals surface area (Å²) in [5, 5.41) is 2.71. The van der Waals surface area contributed by atoms with Gasteiger partial charge < -0.3 is 9.88 Å². The molecule has 0 fully saturated rings. The molecule has 1 amide bonds. The van der Waals surface area contributed by atoms with Crippen LogP contribution in [-0.4, -0.2) is 42.7 Å². The van der Waals surface area contributed by atoms with E-state index < -0.39 is 16.1 Å². The number of nitrogens with zero attached hydrogens (tertiary/aromatic N) is 2. The first kappa shape index (κ1) is 16.4. The minimum absolute atomic E-state index is 0.357. The van der Waals surface area contributed by atoms with E-state index >= 15 is 0 Å². The van der Waals surface area contributed by atoms with Crippen LogP contribution in [0.1, 0.15) is 12.7 Å². The van der Waals surface area contributed by atoms with E-state index in [1.807, 2.05) is 35.9 Å². The third-order valence-corrected chi connectivity index (χ3v) is 4.09. The number of aromatic nitrogens is 2. The number of aryl methyl sites for hydroxylation is 1. The third-order valence-electron chi connectivity index (χ3n) is 3.31. The van der Waals surface area contributed by atoms with Crippen LogP contribution in [0, 0.1) is 0 Å². The zero-order valence-corrected chi connectivity index (χ0v) is 13.6. The highest BCUT2D eigenvalue weighted by atomic mass is 32.2. The molecule has 1 aromatic heterocycles. The van der Waals surface area contributed by atoms with E-state index in [-0.39, 0.29) is 5.91 Å². The molecule has 0 saturated carbocycles. The van der Waals surface area contributed by atoms with E-state index in [1.54, 1.807) is 0 Å². The summed E-state index contributed by atoms with van der Waals surface area (Å²) in [5.74, 6) is 0.509. The Bertz CT molecular complexity index is 782. The summed E-state index contributed by atoms with van der Waals surface area (Å²) in [7, 11) is -1.47. The SMILES string of the molecule is CC(NS(C)(=O)=O)C(=O)NCCc1nc2ccccc2n1C. The van der Waals surface area contributed by atoms with E-state index in [4.69, 9.17) is 0 Å². The van der Waals surface area contributed by atoms with E-state index in [0.717, 1.165) is 23.1 Å². The lowest BCUT2D eigenvalue weighted by molar-refractivity contribution is -0.122. The van der Waals surface area contributed by atoms with Crippen molar-refractivity contribution < 1.29 is 13.2 Å². The van der Waals surface area contributed by atoms with E-state index in [2.05, 4.69) is 15.0 Å². The van der Waals surface area contributed by atoms with Crippen molar-refractivity contribution in [2.24, 2.45) is 7.05 Å². The number of carbonyl (C=O) groups excluding carboxylic acids is 1. The molecule has 1 aromatic carbocycles. The highest BCUT2D eigenvalue weighted by Crippen LogP contribution is 2.14. The van der Waals surface area contributed by atoms with Gasteiger partial charge in [0.2, 0.25) is 15.9 Å². The van der Waals surface area contributed by atoms with Crippen LogP contribution in [0.15, 0.2) is 24.3 Å². The molecule has 2 N–H and O–H groups in total. The molecule has 120 valence electrons. The second kappa shape index (κ2) is 6.45. The monoisotopic (exact) mass is 324 g/mol. The topological polar surface area (TPSA) is 93.1 Å². The molecule has 0 aliphatic heterocycles. The number of benzene rings is 1. The number of nitrogens with one attached hydrogen (secondary N) is 2. The fourth-order valence-electron chi connectivity index (χ4n) is 2.24. The number of amides is 1. The van der Waals surface area contributed by atoms with Crippen molar-refractivity contribution in [3.05, 3.63) is 30.1 Å². The minimum Gasteiger partial charge on any atom is -0.354 e. The number of imidazole rings is 1. The lowest BCUT2D eigenvalue weighted by Crippen LogP contribution is -2.44. The summed E-state index contributed by atoms with van der Waals surface area (Å²) in [6.45, 7) is 1.90. The summed E-state index contributed by atoms with van der Waals surface area (Å²) in [4.78, 5) is 16.3. The second-order valence-electron chi connectivity index (χ2n) is 5.23. The predicted molar refractivity (Wildman–Crippen MR) is 84.9 cm³/mol.